The van der Waals surface area contributed by atoms with Crippen LogP contribution < -0.4 is 10.6 Å². The Morgan fingerprint density at radius 2 is 1.65 bits per heavy atom. The molecule has 0 bridgehead atoms. The fraction of sp³-hybridized carbons (Fsp3) is 0.455. The highest BCUT2D eigenvalue weighted by atomic mass is 16.2. The molecule has 2 N–H and O–H groups in total. The number of nitrogens with one attached hydrogen (secondary N) is 2. The molecule has 2 aliphatic rings. The standard InChI is InChI=1S/C7H9NO2.C4H5NO2/c1-2-3-5-4-6(9)8-7(5)10;6-3-1-2-4(7)5-3/h2,5H,1,3-4H2,(H,8,9,10);1-2H2,(H,5,6,7). The molecular weight excluding hydrogens is 224 g/mol. The molecule has 0 aromatic heterocycles. The highest BCUT2D eigenvalue weighted by Gasteiger charge is 2.28. The number of carbonyl (C=O) groups excluding carboxylic acids is 4. The lowest BCUT2D eigenvalue weighted by molar-refractivity contribution is -0.127. The van der Waals surface area contributed by atoms with Crippen molar-refractivity contribution in [3.8, 4) is 0 Å². The Labute approximate surface area is 98.4 Å². The van der Waals surface area contributed by atoms with E-state index in [0.717, 1.165) is 0 Å². The maximum absolute atomic E-state index is 10.8. The van der Waals surface area contributed by atoms with Crippen LogP contribution in [0.15, 0.2) is 12.7 Å². The van der Waals surface area contributed by atoms with Gasteiger partial charge in [-0.25, -0.2) is 0 Å². The molecule has 2 rings (SSSR count). The van der Waals surface area contributed by atoms with Crippen LogP contribution in [-0.2, 0) is 19.2 Å². The minimum absolute atomic E-state index is 0.148. The van der Waals surface area contributed by atoms with Crippen molar-refractivity contribution in [1.29, 1.82) is 0 Å². The largest absolute Gasteiger partial charge is 0.296 e. The van der Waals surface area contributed by atoms with Crippen molar-refractivity contribution < 1.29 is 19.2 Å². The van der Waals surface area contributed by atoms with Gasteiger partial charge in [-0.2, -0.15) is 0 Å². The molecule has 0 aromatic carbocycles. The molecule has 4 amide bonds. The molecule has 0 aliphatic carbocycles. The average Bonchev–Trinajstić information content (AvgIpc) is 2.75. The maximum Gasteiger partial charge on any atom is 0.230 e. The Kier molecular flexibility index (Phi) is 4.56. The fourth-order valence-electron chi connectivity index (χ4n) is 1.51. The number of imide groups is 2. The van der Waals surface area contributed by atoms with Crippen LogP contribution in [-0.4, -0.2) is 23.6 Å². The molecule has 2 fully saturated rings. The van der Waals surface area contributed by atoms with Gasteiger partial charge in [0.25, 0.3) is 0 Å². The van der Waals surface area contributed by atoms with Gasteiger partial charge in [-0.3, -0.25) is 29.8 Å². The third-order valence-corrected chi connectivity index (χ3v) is 2.37. The third kappa shape index (κ3) is 4.18. The molecule has 1 atom stereocenters. The summed E-state index contributed by atoms with van der Waals surface area (Å²) >= 11 is 0. The molecule has 0 spiro atoms. The van der Waals surface area contributed by atoms with Gasteiger partial charge in [0, 0.05) is 19.3 Å². The zero-order valence-electron chi connectivity index (χ0n) is 9.32. The minimum Gasteiger partial charge on any atom is -0.296 e. The summed E-state index contributed by atoms with van der Waals surface area (Å²) in [5.41, 5.74) is 0. The summed E-state index contributed by atoms with van der Waals surface area (Å²) in [6.45, 7) is 3.49. The lowest BCUT2D eigenvalue weighted by Crippen LogP contribution is -2.21. The maximum atomic E-state index is 10.8. The van der Waals surface area contributed by atoms with E-state index in [-0.39, 0.29) is 29.5 Å². The Bertz CT molecular complexity index is 362. The summed E-state index contributed by atoms with van der Waals surface area (Å²) in [6.07, 6.45) is 3.32. The lowest BCUT2D eigenvalue weighted by Gasteiger charge is -1.97. The molecule has 2 aliphatic heterocycles. The van der Waals surface area contributed by atoms with Gasteiger partial charge >= 0.3 is 0 Å². The molecule has 2 saturated heterocycles. The van der Waals surface area contributed by atoms with Gasteiger partial charge in [0.05, 0.1) is 5.92 Å². The molecule has 17 heavy (non-hydrogen) atoms. The summed E-state index contributed by atoms with van der Waals surface area (Å²) in [5, 5.41) is 4.36. The Morgan fingerprint density at radius 3 is 1.94 bits per heavy atom. The smallest absolute Gasteiger partial charge is 0.230 e. The highest BCUT2D eigenvalue weighted by molar-refractivity contribution is 6.03. The van der Waals surface area contributed by atoms with Crippen LogP contribution in [0.5, 0.6) is 0 Å². The van der Waals surface area contributed by atoms with Gasteiger partial charge in [0.1, 0.15) is 0 Å². The zero-order chi connectivity index (χ0) is 12.8. The third-order valence-electron chi connectivity index (χ3n) is 2.37. The van der Waals surface area contributed by atoms with Gasteiger partial charge in [-0.05, 0) is 6.42 Å². The molecule has 0 radical (unpaired) electrons. The van der Waals surface area contributed by atoms with Gasteiger partial charge in [0.2, 0.25) is 23.6 Å². The molecular formula is C11H14N2O4. The molecule has 6 heteroatoms. The van der Waals surface area contributed by atoms with Crippen LogP contribution >= 0.6 is 0 Å². The van der Waals surface area contributed by atoms with Crippen molar-refractivity contribution >= 4 is 23.6 Å². The molecule has 6 nitrogen and oxygen atoms in total. The van der Waals surface area contributed by atoms with Crippen molar-refractivity contribution in [3.63, 3.8) is 0 Å². The first kappa shape index (κ1) is 13.1. The minimum atomic E-state index is -0.170. The number of amides is 4. The zero-order valence-corrected chi connectivity index (χ0v) is 9.32. The van der Waals surface area contributed by atoms with E-state index in [0.29, 0.717) is 25.7 Å². The first-order valence-electron chi connectivity index (χ1n) is 5.30. The van der Waals surface area contributed by atoms with Crippen molar-refractivity contribution in [2.45, 2.75) is 25.7 Å². The second-order valence-electron chi connectivity index (χ2n) is 3.81. The van der Waals surface area contributed by atoms with Crippen molar-refractivity contribution in [2.75, 3.05) is 0 Å². The second kappa shape index (κ2) is 5.93. The van der Waals surface area contributed by atoms with Crippen LogP contribution in [0.2, 0.25) is 0 Å². The molecule has 2 heterocycles. The van der Waals surface area contributed by atoms with Crippen molar-refractivity contribution in [3.05, 3.63) is 12.7 Å². The SMILES string of the molecule is C=CCC1CC(=O)NC1=O.O=C1CCC(=O)N1. The molecule has 0 aromatic rings. The number of carbonyl (C=O) groups is 4. The van der Waals surface area contributed by atoms with Gasteiger partial charge in [0.15, 0.2) is 0 Å². The monoisotopic (exact) mass is 238 g/mol. The topological polar surface area (TPSA) is 92.3 Å². The summed E-state index contributed by atoms with van der Waals surface area (Å²) < 4.78 is 0. The molecule has 1 unspecified atom stereocenters. The van der Waals surface area contributed by atoms with Crippen LogP contribution in [0, 0.1) is 5.92 Å². The van der Waals surface area contributed by atoms with Crippen molar-refractivity contribution in [1.82, 2.24) is 10.6 Å². The number of hydrogen-bond donors (Lipinski definition) is 2. The quantitative estimate of drug-likeness (QED) is 0.508. The van der Waals surface area contributed by atoms with Crippen LogP contribution in [0.25, 0.3) is 0 Å². The molecule has 92 valence electrons. The average molecular weight is 238 g/mol. The molecule has 0 saturated carbocycles. The Balaban J connectivity index is 0.000000181. The van der Waals surface area contributed by atoms with E-state index in [1.807, 2.05) is 0 Å². The number of allylic oxidation sites excluding steroid dienone is 1. The van der Waals surface area contributed by atoms with E-state index in [4.69, 9.17) is 0 Å². The number of hydrogen-bond acceptors (Lipinski definition) is 4. The predicted molar refractivity (Wildman–Crippen MR) is 58.5 cm³/mol. The Morgan fingerprint density at radius 1 is 1.06 bits per heavy atom. The van der Waals surface area contributed by atoms with Gasteiger partial charge in [-0.1, -0.05) is 6.08 Å². The van der Waals surface area contributed by atoms with Crippen LogP contribution in [0.4, 0.5) is 0 Å². The summed E-state index contributed by atoms with van der Waals surface area (Å²) in [5.74, 6) is -0.790. The predicted octanol–water partition coefficient (Wildman–Crippen LogP) is -0.352. The van der Waals surface area contributed by atoms with Gasteiger partial charge < -0.3 is 0 Å². The second-order valence-corrected chi connectivity index (χ2v) is 3.81. The normalized spacial score (nSPS) is 22.7. The first-order chi connectivity index (χ1) is 8.02. The highest BCUT2D eigenvalue weighted by Crippen LogP contribution is 2.14. The van der Waals surface area contributed by atoms with E-state index >= 15 is 0 Å². The first-order valence-corrected chi connectivity index (χ1v) is 5.30. The van der Waals surface area contributed by atoms with E-state index in [9.17, 15) is 19.2 Å². The van der Waals surface area contributed by atoms with E-state index in [1.165, 1.54) is 0 Å². The fourth-order valence-corrected chi connectivity index (χ4v) is 1.51. The Hall–Kier alpha value is -1.98. The summed E-state index contributed by atoms with van der Waals surface area (Å²) in [4.78, 5) is 41.6. The number of rotatable bonds is 2. The van der Waals surface area contributed by atoms with E-state index in [2.05, 4.69) is 17.2 Å². The van der Waals surface area contributed by atoms with Crippen molar-refractivity contribution in [2.24, 2.45) is 5.92 Å². The van der Waals surface area contributed by atoms with E-state index < -0.39 is 0 Å². The van der Waals surface area contributed by atoms with Crippen LogP contribution in [0.3, 0.4) is 0 Å². The summed E-state index contributed by atoms with van der Waals surface area (Å²) in [7, 11) is 0. The lowest BCUT2D eigenvalue weighted by atomic mass is 10.0. The van der Waals surface area contributed by atoms with E-state index in [1.54, 1.807) is 6.08 Å². The van der Waals surface area contributed by atoms with Gasteiger partial charge in [-0.15, -0.1) is 6.58 Å². The van der Waals surface area contributed by atoms with Crippen LogP contribution in [0.1, 0.15) is 25.7 Å². The summed E-state index contributed by atoms with van der Waals surface area (Å²) in [6, 6.07) is 0.